The first-order chi connectivity index (χ1) is 11.1. The quantitative estimate of drug-likeness (QED) is 0.825. The number of nitrogens with one attached hydrogen (secondary N) is 1. The standard InChI is InChI=1S/C16H17N3O4/c1-23-16(22)11-7-13-14(8-17-18-13)19(9-11)15(21)6-10-3-2-4-12(20)5-10/h2-5,8,11,20H,6-7,9H2,1H3,(H,17,18). The molecule has 7 heteroatoms. The van der Waals surface area contributed by atoms with E-state index >= 15 is 0 Å². The number of carbonyl (C=O) groups is 2. The Morgan fingerprint density at radius 2 is 2.30 bits per heavy atom. The number of ether oxygens (including phenoxy) is 1. The van der Waals surface area contributed by atoms with Gasteiger partial charge in [0.2, 0.25) is 5.91 Å². The van der Waals surface area contributed by atoms with E-state index in [2.05, 4.69) is 10.2 Å². The van der Waals surface area contributed by atoms with Gasteiger partial charge in [-0.05, 0) is 17.7 Å². The number of phenols is 1. The van der Waals surface area contributed by atoms with Crippen LogP contribution < -0.4 is 4.90 Å². The topological polar surface area (TPSA) is 95.5 Å². The van der Waals surface area contributed by atoms with Gasteiger partial charge in [-0.15, -0.1) is 0 Å². The zero-order chi connectivity index (χ0) is 16.4. The smallest absolute Gasteiger partial charge is 0.310 e. The van der Waals surface area contributed by atoms with Gasteiger partial charge in [0.15, 0.2) is 0 Å². The van der Waals surface area contributed by atoms with Gasteiger partial charge in [-0.25, -0.2) is 0 Å². The molecule has 0 bridgehead atoms. The number of methoxy groups -OCH3 is 1. The predicted molar refractivity (Wildman–Crippen MR) is 82.0 cm³/mol. The van der Waals surface area contributed by atoms with Crippen molar-refractivity contribution in [3.05, 3.63) is 41.7 Å². The van der Waals surface area contributed by atoms with E-state index in [1.165, 1.54) is 7.11 Å². The number of esters is 1. The molecule has 0 saturated heterocycles. The van der Waals surface area contributed by atoms with Crippen molar-refractivity contribution in [2.75, 3.05) is 18.6 Å². The highest BCUT2D eigenvalue weighted by Crippen LogP contribution is 2.29. The van der Waals surface area contributed by atoms with Crippen LogP contribution in [0.15, 0.2) is 30.5 Å². The molecule has 0 fully saturated rings. The fourth-order valence-corrected chi connectivity index (χ4v) is 2.82. The molecule has 7 nitrogen and oxygen atoms in total. The monoisotopic (exact) mass is 315 g/mol. The molecule has 3 rings (SSSR count). The third-order valence-corrected chi connectivity index (χ3v) is 3.94. The van der Waals surface area contributed by atoms with Crippen molar-refractivity contribution in [1.29, 1.82) is 0 Å². The van der Waals surface area contributed by atoms with Gasteiger partial charge in [0.25, 0.3) is 0 Å². The molecule has 2 heterocycles. The van der Waals surface area contributed by atoms with Crippen LogP contribution in [0.1, 0.15) is 11.3 Å². The second-order valence-electron chi connectivity index (χ2n) is 5.51. The van der Waals surface area contributed by atoms with Crippen LogP contribution in [0.2, 0.25) is 0 Å². The number of rotatable bonds is 3. The Bertz CT molecular complexity index is 740. The van der Waals surface area contributed by atoms with Gasteiger partial charge in [0.1, 0.15) is 5.75 Å². The molecule has 120 valence electrons. The fourth-order valence-electron chi connectivity index (χ4n) is 2.82. The van der Waals surface area contributed by atoms with Crippen LogP contribution in [0, 0.1) is 5.92 Å². The van der Waals surface area contributed by atoms with Crippen molar-refractivity contribution in [1.82, 2.24) is 10.2 Å². The minimum atomic E-state index is -0.416. The average Bonchev–Trinajstić information content (AvgIpc) is 3.01. The number of hydrogen-bond acceptors (Lipinski definition) is 5. The first kappa shape index (κ1) is 15.1. The van der Waals surface area contributed by atoms with Gasteiger partial charge in [0.05, 0.1) is 37.0 Å². The number of aromatic amines is 1. The molecule has 1 unspecified atom stereocenters. The molecule has 2 aromatic rings. The number of phenolic OH excluding ortho intramolecular Hbond substituents is 1. The van der Waals surface area contributed by atoms with Crippen LogP contribution in [0.25, 0.3) is 0 Å². The summed E-state index contributed by atoms with van der Waals surface area (Å²) in [4.78, 5) is 26.0. The fraction of sp³-hybridized carbons (Fsp3) is 0.312. The number of hydrogen-bond donors (Lipinski definition) is 2. The molecule has 1 aromatic carbocycles. The molecule has 1 aromatic heterocycles. The number of nitrogens with zero attached hydrogens (tertiary/aromatic N) is 2. The van der Waals surface area contributed by atoms with Crippen LogP contribution in [-0.4, -0.2) is 40.8 Å². The Hall–Kier alpha value is -2.83. The Kier molecular flexibility index (Phi) is 4.01. The van der Waals surface area contributed by atoms with Crippen molar-refractivity contribution in [2.24, 2.45) is 5.92 Å². The van der Waals surface area contributed by atoms with Gasteiger partial charge in [-0.3, -0.25) is 14.7 Å². The maximum Gasteiger partial charge on any atom is 0.310 e. The zero-order valence-electron chi connectivity index (χ0n) is 12.7. The highest BCUT2D eigenvalue weighted by molar-refractivity contribution is 5.96. The van der Waals surface area contributed by atoms with E-state index < -0.39 is 5.92 Å². The highest BCUT2D eigenvalue weighted by Gasteiger charge is 2.34. The van der Waals surface area contributed by atoms with E-state index in [1.807, 2.05) is 0 Å². The van der Waals surface area contributed by atoms with Crippen molar-refractivity contribution < 1.29 is 19.4 Å². The highest BCUT2D eigenvalue weighted by atomic mass is 16.5. The normalized spacial score (nSPS) is 16.7. The summed E-state index contributed by atoms with van der Waals surface area (Å²) in [6, 6.07) is 6.57. The summed E-state index contributed by atoms with van der Waals surface area (Å²) >= 11 is 0. The number of H-pyrrole nitrogens is 1. The van der Waals surface area contributed by atoms with Gasteiger partial charge in [0, 0.05) is 13.0 Å². The van der Waals surface area contributed by atoms with Gasteiger partial charge in [-0.1, -0.05) is 12.1 Å². The SMILES string of the molecule is COC(=O)C1Cc2[nH]ncc2N(C(=O)Cc2cccc(O)c2)C1. The molecule has 1 aliphatic heterocycles. The summed E-state index contributed by atoms with van der Waals surface area (Å²) < 4.78 is 4.80. The largest absolute Gasteiger partial charge is 0.508 e. The Balaban J connectivity index is 1.83. The number of carbonyl (C=O) groups excluding carboxylic acids is 2. The first-order valence-electron chi connectivity index (χ1n) is 7.27. The molecule has 1 atom stereocenters. The van der Waals surface area contributed by atoms with Gasteiger partial charge < -0.3 is 14.7 Å². The zero-order valence-corrected chi connectivity index (χ0v) is 12.7. The van der Waals surface area contributed by atoms with Crippen molar-refractivity contribution >= 4 is 17.6 Å². The molecule has 0 saturated carbocycles. The number of aromatic nitrogens is 2. The maximum atomic E-state index is 12.6. The average molecular weight is 315 g/mol. The van der Waals surface area contributed by atoms with Crippen LogP contribution in [0.5, 0.6) is 5.75 Å². The van der Waals surface area contributed by atoms with Crippen LogP contribution in [0.4, 0.5) is 5.69 Å². The number of aromatic hydroxyl groups is 1. The number of anilines is 1. The lowest BCUT2D eigenvalue weighted by molar-refractivity contribution is -0.145. The Morgan fingerprint density at radius 1 is 1.48 bits per heavy atom. The van der Waals surface area contributed by atoms with E-state index in [4.69, 9.17) is 4.74 Å². The predicted octanol–water partition coefficient (Wildman–Crippen LogP) is 1.04. The second kappa shape index (κ2) is 6.12. The summed E-state index contributed by atoms with van der Waals surface area (Å²) in [5.41, 5.74) is 2.14. The van der Waals surface area contributed by atoms with Crippen LogP contribution in [-0.2, 0) is 27.2 Å². The molecule has 2 N–H and O–H groups in total. The molecule has 0 spiro atoms. The molecular formula is C16H17N3O4. The summed E-state index contributed by atoms with van der Waals surface area (Å²) in [7, 11) is 1.34. The number of amides is 1. The summed E-state index contributed by atoms with van der Waals surface area (Å²) in [5, 5.41) is 16.3. The number of benzene rings is 1. The van der Waals surface area contributed by atoms with Crippen LogP contribution in [0.3, 0.4) is 0 Å². The van der Waals surface area contributed by atoms with Crippen molar-refractivity contribution in [2.45, 2.75) is 12.8 Å². The third-order valence-electron chi connectivity index (χ3n) is 3.94. The molecule has 1 aliphatic rings. The molecule has 0 aliphatic carbocycles. The Labute approximate surface area is 132 Å². The lowest BCUT2D eigenvalue weighted by atomic mass is 9.96. The molecule has 0 radical (unpaired) electrons. The molecular weight excluding hydrogens is 298 g/mol. The van der Waals surface area contributed by atoms with Crippen molar-refractivity contribution in [3.8, 4) is 5.75 Å². The minimum Gasteiger partial charge on any atom is -0.508 e. The van der Waals surface area contributed by atoms with E-state index in [0.717, 1.165) is 5.69 Å². The Morgan fingerprint density at radius 3 is 3.04 bits per heavy atom. The van der Waals surface area contributed by atoms with Crippen LogP contribution >= 0.6 is 0 Å². The van der Waals surface area contributed by atoms with E-state index in [1.54, 1.807) is 35.4 Å². The lowest BCUT2D eigenvalue weighted by Crippen LogP contribution is -2.43. The van der Waals surface area contributed by atoms with E-state index in [9.17, 15) is 14.7 Å². The van der Waals surface area contributed by atoms with E-state index in [-0.39, 0.29) is 30.6 Å². The van der Waals surface area contributed by atoms with Crippen molar-refractivity contribution in [3.63, 3.8) is 0 Å². The second-order valence-corrected chi connectivity index (χ2v) is 5.51. The van der Waals surface area contributed by atoms with Gasteiger partial charge >= 0.3 is 5.97 Å². The third kappa shape index (κ3) is 3.03. The first-order valence-corrected chi connectivity index (χ1v) is 7.27. The summed E-state index contributed by atoms with van der Waals surface area (Å²) in [5.74, 6) is -0.807. The minimum absolute atomic E-state index is 0.116. The molecule has 1 amide bonds. The maximum absolute atomic E-state index is 12.6. The summed E-state index contributed by atoms with van der Waals surface area (Å²) in [6.07, 6.45) is 2.19. The molecule has 23 heavy (non-hydrogen) atoms. The lowest BCUT2D eigenvalue weighted by Gasteiger charge is -2.30. The van der Waals surface area contributed by atoms with Gasteiger partial charge in [-0.2, -0.15) is 5.10 Å². The summed E-state index contributed by atoms with van der Waals surface area (Å²) in [6.45, 7) is 0.261. The van der Waals surface area contributed by atoms with E-state index in [0.29, 0.717) is 17.7 Å². The number of fused-ring (bicyclic) bond motifs is 1.